The molecule has 5 nitrogen and oxygen atoms in total. The minimum Gasteiger partial charge on any atom is -0.481 e. The molecule has 0 unspecified atom stereocenters. The second-order valence-corrected chi connectivity index (χ2v) is 4.78. The largest absolute Gasteiger partial charge is 0.481 e. The SMILES string of the molecule is O=C(O)C1(c2cc(C(F)(F)F)n[nH]2)CCC(O)CC1. The van der Waals surface area contributed by atoms with Crippen molar-refractivity contribution in [3.05, 3.63) is 17.5 Å². The molecule has 2 rings (SSSR count). The summed E-state index contributed by atoms with van der Waals surface area (Å²) in [7, 11) is 0. The summed E-state index contributed by atoms with van der Waals surface area (Å²) in [6.07, 6.45) is -4.55. The molecule has 0 amide bonds. The molecule has 8 heteroatoms. The van der Waals surface area contributed by atoms with Gasteiger partial charge in [0.25, 0.3) is 0 Å². The van der Waals surface area contributed by atoms with Crippen molar-refractivity contribution in [2.45, 2.75) is 43.4 Å². The summed E-state index contributed by atoms with van der Waals surface area (Å²) in [5, 5.41) is 24.1. The van der Waals surface area contributed by atoms with Crippen LogP contribution in [-0.2, 0) is 16.4 Å². The van der Waals surface area contributed by atoms with E-state index >= 15 is 0 Å². The fourth-order valence-corrected chi connectivity index (χ4v) is 2.41. The predicted molar refractivity (Wildman–Crippen MR) is 57.4 cm³/mol. The summed E-state index contributed by atoms with van der Waals surface area (Å²) in [5.74, 6) is -1.20. The Bertz CT molecular complexity index is 476. The monoisotopic (exact) mass is 278 g/mol. The minimum atomic E-state index is -4.61. The van der Waals surface area contributed by atoms with E-state index in [1.165, 1.54) is 0 Å². The standard InChI is InChI=1S/C11H13F3N2O3/c12-11(13,14)8-5-7(15-16-8)10(9(18)19)3-1-6(17)2-4-10/h5-6,17H,1-4H2,(H,15,16)(H,18,19). The summed E-state index contributed by atoms with van der Waals surface area (Å²) in [4.78, 5) is 11.4. The van der Waals surface area contributed by atoms with Gasteiger partial charge in [-0.25, -0.2) is 0 Å². The van der Waals surface area contributed by atoms with Crippen LogP contribution in [0.3, 0.4) is 0 Å². The van der Waals surface area contributed by atoms with Crippen LogP contribution in [-0.4, -0.2) is 32.5 Å². The van der Waals surface area contributed by atoms with Crippen LogP contribution < -0.4 is 0 Å². The number of aliphatic carboxylic acids is 1. The van der Waals surface area contributed by atoms with Gasteiger partial charge in [-0.2, -0.15) is 18.3 Å². The van der Waals surface area contributed by atoms with Gasteiger partial charge in [-0.05, 0) is 31.7 Å². The summed E-state index contributed by atoms with van der Waals surface area (Å²) in [5.41, 5.74) is -2.61. The molecule has 1 aromatic rings. The molecule has 0 saturated heterocycles. The zero-order valence-corrected chi connectivity index (χ0v) is 9.87. The van der Waals surface area contributed by atoms with E-state index in [0.717, 1.165) is 6.07 Å². The van der Waals surface area contributed by atoms with Gasteiger partial charge in [0.05, 0.1) is 11.8 Å². The lowest BCUT2D eigenvalue weighted by Gasteiger charge is -2.34. The highest BCUT2D eigenvalue weighted by atomic mass is 19.4. The van der Waals surface area contributed by atoms with Gasteiger partial charge < -0.3 is 10.2 Å². The molecule has 19 heavy (non-hydrogen) atoms. The van der Waals surface area contributed by atoms with Crippen LogP contribution in [0.1, 0.15) is 37.1 Å². The Balaban J connectivity index is 2.35. The van der Waals surface area contributed by atoms with Crippen LogP contribution in [0.25, 0.3) is 0 Å². The molecule has 0 aromatic carbocycles. The first-order chi connectivity index (χ1) is 8.75. The second kappa shape index (κ2) is 4.52. The zero-order valence-electron chi connectivity index (χ0n) is 9.87. The van der Waals surface area contributed by atoms with Crippen molar-refractivity contribution in [2.75, 3.05) is 0 Å². The lowest BCUT2D eigenvalue weighted by atomic mass is 9.71. The van der Waals surface area contributed by atoms with Crippen LogP contribution in [0.5, 0.6) is 0 Å². The number of carboxylic acid groups (broad SMARTS) is 1. The molecule has 1 aliphatic rings. The molecule has 0 atom stereocenters. The molecular weight excluding hydrogens is 265 g/mol. The summed E-state index contributed by atoms with van der Waals surface area (Å²) >= 11 is 0. The number of carbonyl (C=O) groups is 1. The van der Waals surface area contributed by atoms with Gasteiger partial charge in [-0.15, -0.1) is 0 Å². The van der Waals surface area contributed by atoms with E-state index in [1.54, 1.807) is 0 Å². The van der Waals surface area contributed by atoms with Gasteiger partial charge in [-0.3, -0.25) is 9.89 Å². The van der Waals surface area contributed by atoms with Crippen LogP contribution in [0.2, 0.25) is 0 Å². The van der Waals surface area contributed by atoms with Gasteiger partial charge in [0, 0.05) is 0 Å². The molecule has 3 N–H and O–H groups in total. The van der Waals surface area contributed by atoms with E-state index in [-0.39, 0.29) is 31.4 Å². The number of alkyl halides is 3. The van der Waals surface area contributed by atoms with Crippen molar-refractivity contribution in [3.8, 4) is 0 Å². The normalized spacial score (nSPS) is 28.3. The van der Waals surface area contributed by atoms with Crippen molar-refractivity contribution in [3.63, 3.8) is 0 Å². The first kappa shape index (κ1) is 13.9. The summed E-state index contributed by atoms with van der Waals surface area (Å²) < 4.78 is 37.5. The van der Waals surface area contributed by atoms with Crippen LogP contribution in [0.15, 0.2) is 6.07 Å². The molecule has 1 fully saturated rings. The fraction of sp³-hybridized carbons (Fsp3) is 0.636. The molecule has 106 valence electrons. The molecule has 1 aliphatic carbocycles. The maximum atomic E-state index is 12.5. The average Bonchev–Trinajstić information content (AvgIpc) is 2.79. The van der Waals surface area contributed by atoms with Crippen LogP contribution >= 0.6 is 0 Å². The minimum absolute atomic E-state index is 0.0563. The van der Waals surface area contributed by atoms with Gasteiger partial charge >= 0.3 is 12.1 Å². The Hall–Kier alpha value is -1.57. The van der Waals surface area contributed by atoms with Gasteiger partial charge in [-0.1, -0.05) is 0 Å². The molecule has 0 bridgehead atoms. The number of nitrogens with zero attached hydrogens (tertiary/aromatic N) is 1. The highest BCUT2D eigenvalue weighted by molar-refractivity contribution is 5.81. The zero-order chi connectivity index (χ0) is 14.3. The van der Waals surface area contributed by atoms with Crippen LogP contribution in [0.4, 0.5) is 13.2 Å². The number of aromatic amines is 1. The Morgan fingerprint density at radius 3 is 2.42 bits per heavy atom. The van der Waals surface area contributed by atoms with Crippen molar-refractivity contribution in [1.82, 2.24) is 10.2 Å². The highest BCUT2D eigenvalue weighted by Crippen LogP contribution is 2.40. The molecule has 1 heterocycles. The number of H-pyrrole nitrogens is 1. The summed E-state index contributed by atoms with van der Waals surface area (Å²) in [6.45, 7) is 0. The van der Waals surface area contributed by atoms with E-state index in [9.17, 15) is 28.2 Å². The van der Waals surface area contributed by atoms with Gasteiger partial charge in [0.1, 0.15) is 5.41 Å². The van der Waals surface area contributed by atoms with Gasteiger partial charge in [0.2, 0.25) is 0 Å². The Kier molecular flexibility index (Phi) is 3.29. The van der Waals surface area contributed by atoms with Crippen molar-refractivity contribution in [2.24, 2.45) is 0 Å². The Morgan fingerprint density at radius 1 is 1.42 bits per heavy atom. The first-order valence-electron chi connectivity index (χ1n) is 5.80. The number of hydrogen-bond acceptors (Lipinski definition) is 3. The van der Waals surface area contributed by atoms with E-state index in [1.807, 2.05) is 0 Å². The quantitative estimate of drug-likeness (QED) is 0.768. The first-order valence-corrected chi connectivity index (χ1v) is 5.80. The third kappa shape index (κ3) is 2.44. The summed E-state index contributed by atoms with van der Waals surface area (Å²) in [6, 6.07) is 0.742. The fourth-order valence-electron chi connectivity index (χ4n) is 2.41. The number of nitrogens with one attached hydrogen (secondary N) is 1. The van der Waals surface area contributed by atoms with Crippen molar-refractivity contribution >= 4 is 5.97 Å². The number of hydrogen-bond donors (Lipinski definition) is 3. The average molecular weight is 278 g/mol. The number of rotatable bonds is 2. The molecule has 0 radical (unpaired) electrons. The van der Waals surface area contributed by atoms with E-state index < -0.39 is 29.4 Å². The number of aliphatic hydroxyl groups is 1. The number of carboxylic acids is 1. The smallest absolute Gasteiger partial charge is 0.435 e. The van der Waals surface area contributed by atoms with E-state index in [2.05, 4.69) is 10.2 Å². The maximum absolute atomic E-state index is 12.5. The number of aromatic nitrogens is 2. The number of aliphatic hydroxyl groups excluding tert-OH is 1. The number of halogens is 3. The molecular formula is C11H13F3N2O3. The third-order valence-corrected chi connectivity index (χ3v) is 3.60. The predicted octanol–water partition coefficient (Wildman–Crippen LogP) is 1.69. The molecule has 0 aliphatic heterocycles. The Labute approximate surface area is 106 Å². The van der Waals surface area contributed by atoms with E-state index in [0.29, 0.717) is 0 Å². The Morgan fingerprint density at radius 2 is 2.00 bits per heavy atom. The third-order valence-electron chi connectivity index (χ3n) is 3.60. The van der Waals surface area contributed by atoms with E-state index in [4.69, 9.17) is 0 Å². The highest BCUT2D eigenvalue weighted by Gasteiger charge is 2.46. The van der Waals surface area contributed by atoms with Crippen molar-refractivity contribution < 1.29 is 28.2 Å². The maximum Gasteiger partial charge on any atom is 0.435 e. The molecule has 0 spiro atoms. The second-order valence-electron chi connectivity index (χ2n) is 4.78. The lowest BCUT2D eigenvalue weighted by molar-refractivity contribution is -0.146. The van der Waals surface area contributed by atoms with Crippen LogP contribution in [0, 0.1) is 0 Å². The topological polar surface area (TPSA) is 86.2 Å². The molecule has 1 aromatic heterocycles. The van der Waals surface area contributed by atoms with Gasteiger partial charge in [0.15, 0.2) is 5.69 Å². The molecule has 1 saturated carbocycles. The van der Waals surface area contributed by atoms with Crippen molar-refractivity contribution in [1.29, 1.82) is 0 Å². The lowest BCUT2D eigenvalue weighted by Crippen LogP contribution is -2.41.